The smallest absolute Gasteiger partial charge is 0.317 e. The number of hydrogen-bond donors (Lipinski definition) is 2. The Bertz CT molecular complexity index is 563. The number of benzene rings is 1. The van der Waals surface area contributed by atoms with Crippen LogP contribution in [-0.4, -0.2) is 35.1 Å². The summed E-state index contributed by atoms with van der Waals surface area (Å²) in [4.78, 5) is 24.1. The second-order valence-corrected chi connectivity index (χ2v) is 5.77. The fourth-order valence-electron chi connectivity index (χ4n) is 2.30. The molecule has 0 saturated carbocycles. The maximum absolute atomic E-state index is 12.0. The van der Waals surface area contributed by atoms with E-state index in [1.807, 2.05) is 6.07 Å². The van der Waals surface area contributed by atoms with Crippen LogP contribution in [0.5, 0.6) is 0 Å². The first-order valence-corrected chi connectivity index (χ1v) is 7.44. The molecule has 0 radical (unpaired) electrons. The molecule has 2 rings (SSSR count). The lowest BCUT2D eigenvalue weighted by atomic mass is 10.00. The minimum Gasteiger partial charge on any atom is -0.481 e. The van der Waals surface area contributed by atoms with Crippen LogP contribution in [0.3, 0.4) is 0 Å². The number of aliphatic carboxylic acids is 1. The monoisotopic (exact) mass is 330 g/mol. The fourth-order valence-corrected chi connectivity index (χ4v) is 2.90. The maximum Gasteiger partial charge on any atom is 0.317 e. The SMILES string of the molecule is O=C(O)CCCNC(=O)N1CCc2cc(Cl)cc(Cl)c2C1. The molecular formula is C14H16Cl2N2O3. The predicted molar refractivity (Wildman–Crippen MR) is 80.8 cm³/mol. The van der Waals surface area contributed by atoms with Crippen molar-refractivity contribution < 1.29 is 14.7 Å². The number of amides is 2. The average molecular weight is 331 g/mol. The number of carbonyl (C=O) groups excluding carboxylic acids is 1. The van der Waals surface area contributed by atoms with Crippen LogP contribution in [0.1, 0.15) is 24.0 Å². The quantitative estimate of drug-likeness (QED) is 0.834. The summed E-state index contributed by atoms with van der Waals surface area (Å²) < 4.78 is 0. The third-order valence-corrected chi connectivity index (χ3v) is 3.94. The maximum atomic E-state index is 12.0. The van der Waals surface area contributed by atoms with Crippen molar-refractivity contribution in [1.29, 1.82) is 0 Å². The molecule has 1 aliphatic heterocycles. The molecule has 0 fully saturated rings. The Labute approximate surface area is 132 Å². The Balaban J connectivity index is 1.92. The lowest BCUT2D eigenvalue weighted by Crippen LogP contribution is -2.43. The molecule has 0 aromatic heterocycles. The first-order valence-electron chi connectivity index (χ1n) is 6.68. The Morgan fingerprint density at radius 1 is 1.33 bits per heavy atom. The van der Waals surface area contributed by atoms with Gasteiger partial charge in [-0.2, -0.15) is 0 Å². The van der Waals surface area contributed by atoms with Gasteiger partial charge in [0.25, 0.3) is 0 Å². The zero-order valence-electron chi connectivity index (χ0n) is 11.4. The summed E-state index contributed by atoms with van der Waals surface area (Å²) in [5.41, 5.74) is 2.00. The number of rotatable bonds is 4. The van der Waals surface area contributed by atoms with Crippen molar-refractivity contribution in [3.05, 3.63) is 33.3 Å². The number of nitrogens with one attached hydrogen (secondary N) is 1. The van der Waals surface area contributed by atoms with E-state index in [0.29, 0.717) is 42.5 Å². The van der Waals surface area contributed by atoms with Crippen molar-refractivity contribution in [3.8, 4) is 0 Å². The average Bonchev–Trinajstić information content (AvgIpc) is 2.42. The lowest BCUT2D eigenvalue weighted by molar-refractivity contribution is -0.137. The van der Waals surface area contributed by atoms with Crippen LogP contribution < -0.4 is 5.32 Å². The largest absolute Gasteiger partial charge is 0.481 e. The molecule has 2 amide bonds. The van der Waals surface area contributed by atoms with Gasteiger partial charge >= 0.3 is 12.0 Å². The standard InChI is InChI=1S/C14H16Cl2N2O3/c15-10-6-9-3-5-18(8-11(9)12(16)7-10)14(21)17-4-1-2-13(19)20/h6-7H,1-5,8H2,(H,17,21)(H,19,20). The highest BCUT2D eigenvalue weighted by Crippen LogP contribution is 2.29. The van der Waals surface area contributed by atoms with Gasteiger partial charge in [-0.3, -0.25) is 4.79 Å². The molecule has 0 saturated heterocycles. The zero-order valence-corrected chi connectivity index (χ0v) is 12.9. The molecule has 5 nitrogen and oxygen atoms in total. The van der Waals surface area contributed by atoms with Gasteiger partial charge in [-0.15, -0.1) is 0 Å². The number of carbonyl (C=O) groups is 2. The molecule has 1 aliphatic rings. The summed E-state index contributed by atoms with van der Waals surface area (Å²) in [6.07, 6.45) is 1.17. The molecule has 1 aromatic carbocycles. The minimum atomic E-state index is -0.861. The molecule has 1 heterocycles. The van der Waals surface area contributed by atoms with Crippen molar-refractivity contribution in [2.75, 3.05) is 13.1 Å². The Morgan fingerprint density at radius 2 is 2.10 bits per heavy atom. The molecule has 0 unspecified atom stereocenters. The third kappa shape index (κ3) is 4.25. The van der Waals surface area contributed by atoms with Gasteiger partial charge in [-0.05, 0) is 36.1 Å². The van der Waals surface area contributed by atoms with Gasteiger partial charge in [-0.1, -0.05) is 23.2 Å². The van der Waals surface area contributed by atoms with Crippen LogP contribution >= 0.6 is 23.2 Å². The fraction of sp³-hybridized carbons (Fsp3) is 0.429. The molecule has 1 aromatic rings. The van der Waals surface area contributed by atoms with Crippen LogP contribution in [0.2, 0.25) is 10.0 Å². The Hall–Kier alpha value is -1.46. The van der Waals surface area contributed by atoms with E-state index >= 15 is 0 Å². The number of halogens is 2. The van der Waals surface area contributed by atoms with Crippen molar-refractivity contribution in [3.63, 3.8) is 0 Å². The van der Waals surface area contributed by atoms with Gasteiger partial charge in [0.1, 0.15) is 0 Å². The van der Waals surface area contributed by atoms with Crippen molar-refractivity contribution >= 4 is 35.2 Å². The lowest BCUT2D eigenvalue weighted by Gasteiger charge is -2.29. The Morgan fingerprint density at radius 3 is 2.81 bits per heavy atom. The number of hydrogen-bond acceptors (Lipinski definition) is 2. The van der Waals surface area contributed by atoms with Gasteiger partial charge in [0, 0.05) is 36.1 Å². The van der Waals surface area contributed by atoms with Crippen LogP contribution in [0.15, 0.2) is 12.1 Å². The van der Waals surface area contributed by atoms with Crippen molar-refractivity contribution in [2.24, 2.45) is 0 Å². The van der Waals surface area contributed by atoms with Gasteiger partial charge in [0.05, 0.1) is 0 Å². The van der Waals surface area contributed by atoms with E-state index in [2.05, 4.69) is 5.32 Å². The summed E-state index contributed by atoms with van der Waals surface area (Å²) in [7, 11) is 0. The van der Waals surface area contributed by atoms with E-state index in [4.69, 9.17) is 28.3 Å². The highest BCUT2D eigenvalue weighted by molar-refractivity contribution is 6.35. The van der Waals surface area contributed by atoms with E-state index in [1.165, 1.54) is 0 Å². The first kappa shape index (κ1) is 15.9. The normalized spacial score (nSPS) is 13.7. The van der Waals surface area contributed by atoms with Gasteiger partial charge in [0.15, 0.2) is 0 Å². The first-order chi connectivity index (χ1) is 9.97. The highest BCUT2D eigenvalue weighted by atomic mass is 35.5. The molecule has 0 spiro atoms. The van der Waals surface area contributed by atoms with E-state index in [9.17, 15) is 9.59 Å². The molecule has 0 atom stereocenters. The molecule has 0 aliphatic carbocycles. The number of carboxylic acids is 1. The summed E-state index contributed by atoms with van der Waals surface area (Å²) in [5, 5.41) is 12.4. The molecular weight excluding hydrogens is 315 g/mol. The van der Waals surface area contributed by atoms with Crippen molar-refractivity contribution in [1.82, 2.24) is 10.2 Å². The van der Waals surface area contributed by atoms with Crippen molar-refractivity contribution in [2.45, 2.75) is 25.8 Å². The number of carboxylic acid groups (broad SMARTS) is 1. The molecule has 21 heavy (non-hydrogen) atoms. The van der Waals surface area contributed by atoms with Crippen LogP contribution in [0.4, 0.5) is 4.79 Å². The number of nitrogens with zero attached hydrogens (tertiary/aromatic N) is 1. The van der Waals surface area contributed by atoms with Gasteiger partial charge in [-0.25, -0.2) is 4.79 Å². The van der Waals surface area contributed by atoms with Crippen LogP contribution in [-0.2, 0) is 17.8 Å². The molecule has 114 valence electrons. The summed E-state index contributed by atoms with van der Waals surface area (Å²) in [6, 6.07) is 3.36. The van der Waals surface area contributed by atoms with Crippen LogP contribution in [0.25, 0.3) is 0 Å². The topological polar surface area (TPSA) is 69.6 Å². The summed E-state index contributed by atoms with van der Waals surface area (Å²) in [5.74, 6) is -0.861. The predicted octanol–water partition coefficient (Wildman–Crippen LogP) is 2.93. The summed E-state index contributed by atoms with van der Waals surface area (Å²) in [6.45, 7) is 1.38. The zero-order chi connectivity index (χ0) is 15.4. The second kappa shape index (κ2) is 7.00. The van der Waals surface area contributed by atoms with Gasteiger partial charge in [0.2, 0.25) is 0 Å². The van der Waals surface area contributed by atoms with E-state index in [0.717, 1.165) is 11.1 Å². The Kier molecular flexibility index (Phi) is 5.31. The number of fused-ring (bicyclic) bond motifs is 1. The van der Waals surface area contributed by atoms with E-state index in [1.54, 1.807) is 11.0 Å². The van der Waals surface area contributed by atoms with Gasteiger partial charge < -0.3 is 15.3 Å². The number of urea groups is 1. The van der Waals surface area contributed by atoms with Crippen LogP contribution in [0, 0.1) is 0 Å². The molecule has 2 N–H and O–H groups in total. The third-order valence-electron chi connectivity index (χ3n) is 3.38. The minimum absolute atomic E-state index is 0.0490. The molecule has 7 heteroatoms. The summed E-state index contributed by atoms with van der Waals surface area (Å²) >= 11 is 12.1. The highest BCUT2D eigenvalue weighted by Gasteiger charge is 2.22. The van der Waals surface area contributed by atoms with E-state index in [-0.39, 0.29) is 12.5 Å². The molecule has 0 bridgehead atoms. The second-order valence-electron chi connectivity index (χ2n) is 4.93. The van der Waals surface area contributed by atoms with E-state index < -0.39 is 5.97 Å².